The van der Waals surface area contributed by atoms with Crippen LogP contribution in [-0.2, 0) is 11.2 Å². The van der Waals surface area contributed by atoms with E-state index in [9.17, 15) is 18.0 Å². The molecule has 2 aromatic heterocycles. The zero-order valence-corrected chi connectivity index (χ0v) is 12.1. The summed E-state index contributed by atoms with van der Waals surface area (Å²) in [6.45, 7) is -1.68. The Balaban J connectivity index is 1.84. The SMILES string of the molecule is C#Cc1cncc(-c2noc(CCNC(=O)OCC(F)(F)F)n2)c1. The van der Waals surface area contributed by atoms with E-state index in [1.807, 2.05) is 0 Å². The maximum absolute atomic E-state index is 11.9. The summed E-state index contributed by atoms with van der Waals surface area (Å²) < 4.78 is 44.5. The average molecular weight is 340 g/mol. The third-order valence-corrected chi connectivity index (χ3v) is 2.61. The Morgan fingerprint density at radius 3 is 2.92 bits per heavy atom. The molecule has 0 fully saturated rings. The van der Waals surface area contributed by atoms with Crippen LogP contribution < -0.4 is 5.32 Å². The number of halogens is 3. The Hall–Kier alpha value is -3.09. The summed E-state index contributed by atoms with van der Waals surface area (Å²) in [6, 6.07) is 1.65. The van der Waals surface area contributed by atoms with Crippen LogP contribution in [0.25, 0.3) is 11.4 Å². The summed E-state index contributed by atoms with van der Waals surface area (Å²) >= 11 is 0. The van der Waals surface area contributed by atoms with Crippen molar-refractivity contribution in [1.82, 2.24) is 20.4 Å². The molecule has 2 heterocycles. The Morgan fingerprint density at radius 2 is 2.21 bits per heavy atom. The van der Waals surface area contributed by atoms with E-state index in [1.54, 1.807) is 6.07 Å². The summed E-state index contributed by atoms with van der Waals surface area (Å²) in [5.74, 6) is 2.87. The third-order valence-electron chi connectivity index (χ3n) is 2.61. The van der Waals surface area contributed by atoms with Gasteiger partial charge >= 0.3 is 12.3 Å². The Morgan fingerprint density at radius 1 is 1.42 bits per heavy atom. The highest BCUT2D eigenvalue weighted by Gasteiger charge is 2.29. The van der Waals surface area contributed by atoms with Crippen LogP contribution in [0, 0.1) is 12.3 Å². The van der Waals surface area contributed by atoms with Gasteiger partial charge in [-0.1, -0.05) is 11.1 Å². The number of ether oxygens (including phenoxy) is 1. The number of alkyl halides is 3. The van der Waals surface area contributed by atoms with E-state index in [0.717, 1.165) is 0 Å². The monoisotopic (exact) mass is 340 g/mol. The predicted molar refractivity (Wildman–Crippen MR) is 74.6 cm³/mol. The molecule has 0 unspecified atom stereocenters. The minimum absolute atomic E-state index is 0.0268. The van der Waals surface area contributed by atoms with E-state index in [0.29, 0.717) is 11.1 Å². The van der Waals surface area contributed by atoms with Crippen LogP contribution in [0.4, 0.5) is 18.0 Å². The first-order chi connectivity index (χ1) is 11.4. The molecule has 10 heteroatoms. The molecule has 0 saturated heterocycles. The van der Waals surface area contributed by atoms with Crippen molar-refractivity contribution in [2.75, 3.05) is 13.2 Å². The molecular weight excluding hydrogens is 329 g/mol. The number of rotatable bonds is 5. The van der Waals surface area contributed by atoms with Crippen LogP contribution in [0.3, 0.4) is 0 Å². The quantitative estimate of drug-likeness (QED) is 0.837. The number of alkyl carbamates (subject to hydrolysis) is 1. The number of amides is 1. The van der Waals surface area contributed by atoms with Crippen LogP contribution in [0.5, 0.6) is 0 Å². The molecule has 0 atom stereocenters. The van der Waals surface area contributed by atoms with Crippen molar-refractivity contribution in [2.24, 2.45) is 0 Å². The van der Waals surface area contributed by atoms with Gasteiger partial charge in [0.15, 0.2) is 6.61 Å². The van der Waals surface area contributed by atoms with Crippen LogP contribution in [0.1, 0.15) is 11.5 Å². The van der Waals surface area contributed by atoms with Gasteiger partial charge in [-0.2, -0.15) is 18.2 Å². The van der Waals surface area contributed by atoms with Crippen LogP contribution in [-0.4, -0.2) is 40.5 Å². The van der Waals surface area contributed by atoms with Gasteiger partial charge < -0.3 is 14.6 Å². The topological polar surface area (TPSA) is 90.1 Å². The molecule has 0 saturated carbocycles. The first kappa shape index (κ1) is 17.3. The summed E-state index contributed by atoms with van der Waals surface area (Å²) in [7, 11) is 0. The number of nitrogens with zero attached hydrogens (tertiary/aromatic N) is 3. The molecule has 24 heavy (non-hydrogen) atoms. The van der Waals surface area contributed by atoms with E-state index >= 15 is 0 Å². The summed E-state index contributed by atoms with van der Waals surface area (Å²) in [6.07, 6.45) is 2.64. The first-order valence-corrected chi connectivity index (χ1v) is 6.59. The Labute approximate surface area is 134 Å². The minimum Gasteiger partial charge on any atom is -0.440 e. The Kier molecular flexibility index (Phi) is 5.36. The number of hydrogen-bond donors (Lipinski definition) is 1. The second-order valence-electron chi connectivity index (χ2n) is 4.49. The van der Waals surface area contributed by atoms with E-state index in [1.165, 1.54) is 12.4 Å². The highest BCUT2D eigenvalue weighted by atomic mass is 19.4. The molecule has 2 aromatic rings. The zero-order chi connectivity index (χ0) is 17.6. The molecule has 126 valence electrons. The molecule has 2 rings (SSSR count). The number of aromatic nitrogens is 3. The smallest absolute Gasteiger partial charge is 0.422 e. The normalized spacial score (nSPS) is 10.9. The van der Waals surface area contributed by atoms with Crippen molar-refractivity contribution in [3.63, 3.8) is 0 Å². The lowest BCUT2D eigenvalue weighted by atomic mass is 10.2. The molecule has 0 bridgehead atoms. The van der Waals surface area contributed by atoms with E-state index in [4.69, 9.17) is 10.9 Å². The van der Waals surface area contributed by atoms with Crippen LogP contribution in [0.2, 0.25) is 0 Å². The van der Waals surface area contributed by atoms with Gasteiger partial charge in [-0.05, 0) is 6.07 Å². The number of hydrogen-bond acceptors (Lipinski definition) is 6. The number of terminal acetylenes is 1. The predicted octanol–water partition coefficient (Wildman–Crippen LogP) is 1.94. The van der Waals surface area contributed by atoms with Gasteiger partial charge in [0.05, 0.1) is 0 Å². The number of pyridine rings is 1. The molecule has 0 aliphatic rings. The van der Waals surface area contributed by atoms with Gasteiger partial charge in [-0.25, -0.2) is 4.79 Å². The van der Waals surface area contributed by atoms with E-state index < -0.39 is 18.9 Å². The molecular formula is C14H11F3N4O3. The van der Waals surface area contributed by atoms with Crippen molar-refractivity contribution in [1.29, 1.82) is 0 Å². The highest BCUT2D eigenvalue weighted by Crippen LogP contribution is 2.16. The lowest BCUT2D eigenvalue weighted by molar-refractivity contribution is -0.160. The molecule has 0 spiro atoms. The number of carbonyl (C=O) groups excluding carboxylic acids is 1. The molecule has 1 N–H and O–H groups in total. The zero-order valence-electron chi connectivity index (χ0n) is 12.1. The standard InChI is InChI=1S/C14H11F3N4O3/c1-2-9-5-10(7-18-6-9)12-20-11(24-21-12)3-4-19-13(22)23-8-14(15,16)17/h1,5-7H,3-4,8H2,(H,19,22). The van der Waals surface area contributed by atoms with Crippen molar-refractivity contribution < 1.29 is 27.2 Å². The van der Waals surface area contributed by atoms with Gasteiger partial charge in [0.25, 0.3) is 0 Å². The van der Waals surface area contributed by atoms with Crippen LogP contribution >= 0.6 is 0 Å². The summed E-state index contributed by atoms with van der Waals surface area (Å²) in [5.41, 5.74) is 1.10. The number of nitrogens with one attached hydrogen (secondary N) is 1. The van der Waals surface area contributed by atoms with Crippen molar-refractivity contribution >= 4 is 6.09 Å². The van der Waals surface area contributed by atoms with Crippen molar-refractivity contribution in [3.05, 3.63) is 29.9 Å². The fourth-order valence-corrected chi connectivity index (χ4v) is 1.58. The summed E-state index contributed by atoms with van der Waals surface area (Å²) in [4.78, 5) is 19.1. The van der Waals surface area contributed by atoms with Crippen LogP contribution in [0.15, 0.2) is 23.0 Å². The summed E-state index contributed by atoms with van der Waals surface area (Å²) in [5, 5.41) is 5.88. The van der Waals surface area contributed by atoms with Crippen molar-refractivity contribution in [2.45, 2.75) is 12.6 Å². The second-order valence-corrected chi connectivity index (χ2v) is 4.49. The van der Waals surface area contributed by atoms with Gasteiger partial charge in [-0.3, -0.25) is 4.98 Å². The molecule has 0 radical (unpaired) electrons. The van der Waals surface area contributed by atoms with Crippen molar-refractivity contribution in [3.8, 4) is 23.7 Å². The lowest BCUT2D eigenvalue weighted by Gasteiger charge is -2.08. The first-order valence-electron chi connectivity index (χ1n) is 6.59. The molecule has 1 amide bonds. The molecule has 0 aliphatic carbocycles. The third kappa shape index (κ3) is 5.28. The maximum Gasteiger partial charge on any atom is 0.422 e. The highest BCUT2D eigenvalue weighted by molar-refractivity contribution is 5.67. The molecule has 0 aliphatic heterocycles. The second kappa shape index (κ2) is 7.45. The van der Waals surface area contributed by atoms with E-state index in [-0.39, 0.29) is 24.7 Å². The lowest BCUT2D eigenvalue weighted by Crippen LogP contribution is -2.30. The average Bonchev–Trinajstić information content (AvgIpc) is 3.01. The molecule has 0 aromatic carbocycles. The molecule has 7 nitrogen and oxygen atoms in total. The number of carbonyl (C=O) groups is 1. The van der Waals surface area contributed by atoms with Gasteiger partial charge in [0, 0.05) is 36.5 Å². The fraction of sp³-hybridized carbons (Fsp3) is 0.286. The van der Waals surface area contributed by atoms with E-state index in [2.05, 4.69) is 31.1 Å². The Bertz CT molecular complexity index is 752. The minimum atomic E-state index is -4.57. The van der Waals surface area contributed by atoms with Gasteiger partial charge in [-0.15, -0.1) is 6.42 Å². The van der Waals surface area contributed by atoms with Gasteiger partial charge in [0.2, 0.25) is 11.7 Å². The van der Waals surface area contributed by atoms with Gasteiger partial charge in [0.1, 0.15) is 0 Å². The largest absolute Gasteiger partial charge is 0.440 e. The fourth-order valence-electron chi connectivity index (χ4n) is 1.58. The maximum atomic E-state index is 11.9.